The topological polar surface area (TPSA) is 95.7 Å². The molecule has 0 aliphatic carbocycles. The predicted octanol–water partition coefficient (Wildman–Crippen LogP) is 5.38. The lowest BCUT2D eigenvalue weighted by molar-refractivity contribution is -0.122. The summed E-state index contributed by atoms with van der Waals surface area (Å²) in [6.45, 7) is 11.7. The molecule has 0 bridgehead atoms. The Bertz CT molecular complexity index is 1080. The molecule has 0 saturated heterocycles. The van der Waals surface area contributed by atoms with Crippen LogP contribution in [0.5, 0.6) is 17.2 Å². The number of aromatic nitrogens is 2. The van der Waals surface area contributed by atoms with Crippen molar-refractivity contribution in [3.63, 3.8) is 0 Å². The van der Waals surface area contributed by atoms with Crippen LogP contribution in [0.1, 0.15) is 58.5 Å². The van der Waals surface area contributed by atoms with Crippen LogP contribution < -0.4 is 19.5 Å². The molecule has 0 aliphatic rings. The Morgan fingerprint density at radius 3 is 2.29 bits per heavy atom. The van der Waals surface area contributed by atoms with Gasteiger partial charge in [-0.15, -0.1) is 0 Å². The summed E-state index contributed by atoms with van der Waals surface area (Å²) < 4.78 is 22.2. The quantitative estimate of drug-likeness (QED) is 0.350. The Morgan fingerprint density at radius 1 is 0.943 bits per heavy atom. The van der Waals surface area contributed by atoms with Gasteiger partial charge < -0.3 is 24.1 Å². The summed E-state index contributed by atoms with van der Waals surface area (Å²) in [5, 5.41) is 7.18. The number of nitrogens with zero attached hydrogens (tertiary/aromatic N) is 2. The molecule has 1 heterocycles. The fraction of sp³-hybridized carbons (Fsp3) is 0.444. The van der Waals surface area contributed by atoms with Gasteiger partial charge in [-0.25, -0.2) is 0 Å². The molecular formula is C27H35N3O5. The van der Waals surface area contributed by atoms with Gasteiger partial charge in [-0.05, 0) is 68.7 Å². The minimum Gasteiger partial charge on any atom is -0.494 e. The van der Waals surface area contributed by atoms with E-state index in [-0.39, 0.29) is 24.3 Å². The number of carbonyl (C=O) groups excluding carboxylic acids is 1. The molecule has 1 atom stereocenters. The molecule has 0 spiro atoms. The van der Waals surface area contributed by atoms with Gasteiger partial charge in [0.2, 0.25) is 17.6 Å². The maximum absolute atomic E-state index is 12.8. The van der Waals surface area contributed by atoms with Crippen LogP contribution in [0.3, 0.4) is 0 Å². The van der Waals surface area contributed by atoms with Crippen LogP contribution in [0.4, 0.5) is 0 Å². The van der Waals surface area contributed by atoms with Gasteiger partial charge in [-0.2, -0.15) is 4.98 Å². The van der Waals surface area contributed by atoms with E-state index in [4.69, 9.17) is 18.7 Å². The van der Waals surface area contributed by atoms with Crippen LogP contribution >= 0.6 is 0 Å². The number of nitrogens with one attached hydrogen (secondary N) is 1. The van der Waals surface area contributed by atoms with Gasteiger partial charge in [-0.3, -0.25) is 4.79 Å². The van der Waals surface area contributed by atoms with E-state index >= 15 is 0 Å². The van der Waals surface area contributed by atoms with E-state index in [9.17, 15) is 4.79 Å². The standard InChI is InChI=1S/C27H35N3O5/c1-6-32-21-12-9-19(10-13-21)27-29-25(35-30-27)16-15-24(31)28-26(18(4)5)20-11-14-22(33-7-2)23(17-20)34-8-3/h9-14,17-18,26H,6-8,15-16H2,1-5H3,(H,28,31). The average molecular weight is 482 g/mol. The van der Waals surface area contributed by atoms with Gasteiger partial charge >= 0.3 is 0 Å². The second kappa shape index (κ2) is 12.8. The highest BCUT2D eigenvalue weighted by Crippen LogP contribution is 2.33. The van der Waals surface area contributed by atoms with Crippen molar-refractivity contribution in [1.82, 2.24) is 15.5 Å². The Kier molecular flexibility index (Phi) is 9.52. The van der Waals surface area contributed by atoms with Gasteiger partial charge in [0.25, 0.3) is 0 Å². The monoisotopic (exact) mass is 481 g/mol. The van der Waals surface area contributed by atoms with E-state index < -0.39 is 0 Å². The third-order valence-electron chi connectivity index (χ3n) is 5.37. The summed E-state index contributed by atoms with van der Waals surface area (Å²) in [6.07, 6.45) is 0.595. The minimum atomic E-state index is -0.167. The summed E-state index contributed by atoms with van der Waals surface area (Å²) in [5.41, 5.74) is 1.80. The molecule has 35 heavy (non-hydrogen) atoms. The number of hydrogen-bond acceptors (Lipinski definition) is 7. The summed E-state index contributed by atoms with van der Waals surface area (Å²) in [7, 11) is 0. The first-order valence-electron chi connectivity index (χ1n) is 12.2. The number of benzene rings is 2. The van der Waals surface area contributed by atoms with Crippen LogP contribution in [0.2, 0.25) is 0 Å². The fourth-order valence-corrected chi connectivity index (χ4v) is 3.70. The Hall–Kier alpha value is -3.55. The van der Waals surface area contributed by atoms with Gasteiger partial charge in [0.15, 0.2) is 11.5 Å². The zero-order valence-electron chi connectivity index (χ0n) is 21.2. The first-order chi connectivity index (χ1) is 16.9. The first-order valence-corrected chi connectivity index (χ1v) is 12.2. The molecule has 0 fully saturated rings. The molecule has 3 rings (SSSR count). The maximum atomic E-state index is 12.8. The maximum Gasteiger partial charge on any atom is 0.227 e. The molecule has 3 aromatic rings. The molecule has 8 nitrogen and oxygen atoms in total. The van der Waals surface area contributed by atoms with Crippen LogP contribution in [0.15, 0.2) is 47.0 Å². The molecule has 8 heteroatoms. The first kappa shape index (κ1) is 26.1. The van der Waals surface area contributed by atoms with E-state index in [0.29, 0.717) is 49.5 Å². The van der Waals surface area contributed by atoms with Crippen molar-refractivity contribution in [3.05, 3.63) is 53.9 Å². The van der Waals surface area contributed by atoms with Crippen molar-refractivity contribution in [2.24, 2.45) is 5.92 Å². The summed E-state index contributed by atoms with van der Waals surface area (Å²) in [4.78, 5) is 17.2. The molecule has 0 aliphatic heterocycles. The molecule has 1 unspecified atom stereocenters. The third kappa shape index (κ3) is 7.21. The van der Waals surface area contributed by atoms with Gasteiger partial charge in [0, 0.05) is 18.4 Å². The van der Waals surface area contributed by atoms with Gasteiger partial charge in [0.05, 0.1) is 25.9 Å². The highest BCUT2D eigenvalue weighted by Gasteiger charge is 2.21. The molecular weight excluding hydrogens is 446 g/mol. The van der Waals surface area contributed by atoms with Crippen LogP contribution in [0.25, 0.3) is 11.4 Å². The van der Waals surface area contributed by atoms with Gasteiger partial charge in [-0.1, -0.05) is 25.1 Å². The highest BCUT2D eigenvalue weighted by atomic mass is 16.5. The Balaban J connectivity index is 1.62. The average Bonchev–Trinajstić information content (AvgIpc) is 3.32. The smallest absolute Gasteiger partial charge is 0.227 e. The molecule has 2 aromatic carbocycles. The second-order valence-electron chi connectivity index (χ2n) is 8.33. The van der Waals surface area contributed by atoms with E-state index in [1.54, 1.807) is 0 Å². The number of carbonyl (C=O) groups is 1. The number of ether oxygens (including phenoxy) is 3. The highest BCUT2D eigenvalue weighted by molar-refractivity contribution is 5.76. The zero-order chi connectivity index (χ0) is 25.2. The second-order valence-corrected chi connectivity index (χ2v) is 8.33. The molecule has 188 valence electrons. The van der Waals surface area contributed by atoms with E-state index in [1.807, 2.05) is 63.2 Å². The number of aryl methyl sites for hydroxylation is 1. The lowest BCUT2D eigenvalue weighted by Gasteiger charge is -2.24. The molecule has 1 aromatic heterocycles. The minimum absolute atomic E-state index is 0.0867. The van der Waals surface area contributed by atoms with E-state index in [0.717, 1.165) is 16.9 Å². The number of hydrogen-bond donors (Lipinski definition) is 1. The summed E-state index contributed by atoms with van der Waals surface area (Å²) in [6, 6.07) is 13.1. The van der Waals surface area contributed by atoms with Gasteiger partial charge in [0.1, 0.15) is 5.75 Å². The van der Waals surface area contributed by atoms with Crippen molar-refractivity contribution in [1.29, 1.82) is 0 Å². The van der Waals surface area contributed by atoms with Crippen molar-refractivity contribution >= 4 is 5.91 Å². The van der Waals surface area contributed by atoms with E-state index in [2.05, 4.69) is 29.3 Å². The van der Waals surface area contributed by atoms with Crippen LogP contribution in [-0.2, 0) is 11.2 Å². The molecule has 1 amide bonds. The number of rotatable bonds is 13. The third-order valence-corrected chi connectivity index (χ3v) is 5.37. The van der Waals surface area contributed by atoms with Crippen molar-refractivity contribution < 1.29 is 23.5 Å². The number of amides is 1. The van der Waals surface area contributed by atoms with Crippen LogP contribution in [-0.4, -0.2) is 35.9 Å². The van der Waals surface area contributed by atoms with Crippen molar-refractivity contribution in [2.45, 2.75) is 53.5 Å². The summed E-state index contributed by atoms with van der Waals surface area (Å²) >= 11 is 0. The molecule has 0 saturated carbocycles. The SMILES string of the molecule is CCOc1ccc(-c2noc(CCC(=O)NC(c3ccc(OCC)c(OCC)c3)C(C)C)n2)cc1. The van der Waals surface area contributed by atoms with Crippen LogP contribution in [0, 0.1) is 5.92 Å². The fourth-order valence-electron chi connectivity index (χ4n) is 3.70. The molecule has 0 radical (unpaired) electrons. The zero-order valence-corrected chi connectivity index (χ0v) is 21.2. The summed E-state index contributed by atoms with van der Waals surface area (Å²) in [5.74, 6) is 3.17. The Morgan fingerprint density at radius 2 is 1.63 bits per heavy atom. The van der Waals surface area contributed by atoms with Crippen molar-refractivity contribution in [2.75, 3.05) is 19.8 Å². The van der Waals surface area contributed by atoms with E-state index in [1.165, 1.54) is 0 Å². The lowest BCUT2D eigenvalue weighted by atomic mass is 9.95. The normalized spacial score (nSPS) is 11.8. The Labute approximate surface area is 207 Å². The molecule has 1 N–H and O–H groups in total. The predicted molar refractivity (Wildman–Crippen MR) is 134 cm³/mol. The van der Waals surface area contributed by atoms with Crippen molar-refractivity contribution in [3.8, 4) is 28.6 Å². The largest absolute Gasteiger partial charge is 0.494 e. The lowest BCUT2D eigenvalue weighted by Crippen LogP contribution is -2.32.